The number of aromatic nitrogens is 2. The van der Waals surface area contributed by atoms with Crippen molar-refractivity contribution in [1.29, 1.82) is 0 Å². The molecule has 0 saturated heterocycles. The second-order valence-electron chi connectivity index (χ2n) is 8.19. The molecule has 0 spiro atoms. The zero-order valence-corrected chi connectivity index (χ0v) is 17.6. The number of rotatable bonds is 3. The van der Waals surface area contributed by atoms with Gasteiger partial charge in [-0.15, -0.1) is 11.3 Å². The van der Waals surface area contributed by atoms with Gasteiger partial charge in [-0.2, -0.15) is 0 Å². The van der Waals surface area contributed by atoms with Crippen LogP contribution in [0.5, 0.6) is 0 Å². The summed E-state index contributed by atoms with van der Waals surface area (Å²) in [6.07, 6.45) is 0. The Labute approximate surface area is 175 Å². The molecule has 0 aliphatic carbocycles. The quantitative estimate of drug-likeness (QED) is 0.471. The third-order valence-corrected chi connectivity index (χ3v) is 5.96. The van der Waals surface area contributed by atoms with Crippen molar-refractivity contribution in [2.75, 3.05) is 0 Å². The summed E-state index contributed by atoms with van der Waals surface area (Å²) in [5.74, 6) is -1.57. The molecule has 30 heavy (non-hydrogen) atoms. The first kappa shape index (κ1) is 20.2. The van der Waals surface area contributed by atoms with Crippen LogP contribution in [0.1, 0.15) is 31.9 Å². The fraction of sp³-hybridized carbons (Fsp3) is 0.217. The van der Waals surface area contributed by atoms with Crippen molar-refractivity contribution in [2.45, 2.75) is 32.7 Å². The van der Waals surface area contributed by atoms with Crippen molar-refractivity contribution in [2.24, 2.45) is 0 Å². The topological polar surface area (TPSA) is 44.0 Å². The van der Waals surface area contributed by atoms with Crippen molar-refractivity contribution in [3.8, 4) is 5.69 Å². The summed E-state index contributed by atoms with van der Waals surface area (Å²) in [4.78, 5) is 26.1. The van der Waals surface area contributed by atoms with Crippen LogP contribution in [0.2, 0.25) is 0 Å². The van der Waals surface area contributed by atoms with Gasteiger partial charge in [0.2, 0.25) is 0 Å². The van der Waals surface area contributed by atoms with Crippen LogP contribution in [0.15, 0.2) is 63.5 Å². The van der Waals surface area contributed by atoms with E-state index in [0.29, 0.717) is 14.8 Å². The van der Waals surface area contributed by atoms with Crippen molar-refractivity contribution in [3.63, 3.8) is 0 Å². The molecular formula is C23H20F2N2O2S. The van der Waals surface area contributed by atoms with Crippen LogP contribution in [-0.4, -0.2) is 9.13 Å². The molecule has 0 aliphatic rings. The van der Waals surface area contributed by atoms with E-state index < -0.39 is 28.6 Å². The highest BCUT2D eigenvalue weighted by Gasteiger charge is 2.19. The first-order valence-electron chi connectivity index (χ1n) is 9.45. The molecule has 154 valence electrons. The maximum absolute atomic E-state index is 14.4. The molecule has 0 aliphatic heterocycles. The van der Waals surface area contributed by atoms with Gasteiger partial charge in [0, 0.05) is 6.07 Å². The SMILES string of the molecule is CC(C)(C)c1ccc(Cn2c(=O)n(-c3cc(F)ccc3F)c(=O)c3sccc32)cc1. The Morgan fingerprint density at radius 1 is 0.967 bits per heavy atom. The van der Waals surface area contributed by atoms with Gasteiger partial charge in [-0.3, -0.25) is 9.36 Å². The zero-order valence-electron chi connectivity index (χ0n) is 16.8. The van der Waals surface area contributed by atoms with E-state index in [4.69, 9.17) is 0 Å². The van der Waals surface area contributed by atoms with Gasteiger partial charge in [-0.25, -0.2) is 18.1 Å². The Bertz CT molecular complexity index is 1360. The first-order valence-corrected chi connectivity index (χ1v) is 10.3. The van der Waals surface area contributed by atoms with E-state index in [2.05, 4.69) is 20.8 Å². The third-order valence-electron chi connectivity index (χ3n) is 5.06. The molecule has 2 aromatic heterocycles. The number of nitrogens with zero attached hydrogens (tertiary/aromatic N) is 2. The summed E-state index contributed by atoms with van der Waals surface area (Å²) in [6, 6.07) is 12.3. The zero-order chi connectivity index (χ0) is 21.6. The van der Waals surface area contributed by atoms with E-state index in [1.165, 1.54) is 4.57 Å². The molecule has 2 heterocycles. The van der Waals surface area contributed by atoms with E-state index in [-0.39, 0.29) is 12.0 Å². The Morgan fingerprint density at radius 3 is 2.33 bits per heavy atom. The monoisotopic (exact) mass is 426 g/mol. The molecule has 0 atom stereocenters. The summed E-state index contributed by atoms with van der Waals surface area (Å²) < 4.78 is 30.6. The van der Waals surface area contributed by atoms with Gasteiger partial charge in [-0.05, 0) is 40.1 Å². The van der Waals surface area contributed by atoms with Crippen LogP contribution in [0, 0.1) is 11.6 Å². The van der Waals surface area contributed by atoms with Crippen LogP contribution in [-0.2, 0) is 12.0 Å². The van der Waals surface area contributed by atoms with Crippen LogP contribution in [0.4, 0.5) is 8.78 Å². The second-order valence-corrected chi connectivity index (χ2v) is 9.10. The number of hydrogen-bond acceptors (Lipinski definition) is 3. The van der Waals surface area contributed by atoms with Crippen LogP contribution in [0.25, 0.3) is 15.9 Å². The smallest absolute Gasteiger partial charge is 0.288 e. The Morgan fingerprint density at radius 2 is 1.67 bits per heavy atom. The van der Waals surface area contributed by atoms with Gasteiger partial charge in [-0.1, -0.05) is 45.0 Å². The molecule has 2 aromatic carbocycles. The van der Waals surface area contributed by atoms with Gasteiger partial charge in [0.15, 0.2) is 0 Å². The first-order chi connectivity index (χ1) is 14.2. The number of halogens is 2. The number of fused-ring (bicyclic) bond motifs is 1. The van der Waals surface area contributed by atoms with Crippen LogP contribution in [0.3, 0.4) is 0 Å². The minimum absolute atomic E-state index is 0.00186. The molecule has 0 unspecified atom stereocenters. The normalized spacial score (nSPS) is 11.9. The second kappa shape index (κ2) is 7.32. The van der Waals surface area contributed by atoms with Crippen molar-refractivity contribution in [1.82, 2.24) is 9.13 Å². The predicted molar refractivity (Wildman–Crippen MR) is 116 cm³/mol. The number of thiophene rings is 1. The molecule has 0 fully saturated rings. The Balaban J connectivity index is 1.91. The van der Waals surface area contributed by atoms with Gasteiger partial charge in [0.25, 0.3) is 5.56 Å². The third kappa shape index (κ3) is 3.50. The van der Waals surface area contributed by atoms with Crippen molar-refractivity contribution < 1.29 is 8.78 Å². The molecule has 0 radical (unpaired) electrons. The average molecular weight is 426 g/mol. The largest absolute Gasteiger partial charge is 0.336 e. The summed E-state index contributed by atoms with van der Waals surface area (Å²) in [7, 11) is 0. The fourth-order valence-corrected chi connectivity index (χ4v) is 4.23. The molecule has 4 rings (SSSR count). The van der Waals surface area contributed by atoms with E-state index in [1.807, 2.05) is 24.3 Å². The standard InChI is InChI=1S/C23H20F2N2O2S/c1-23(2,3)15-6-4-14(5-7-15)13-26-18-10-11-30-20(18)21(28)27(22(26)29)19-12-16(24)8-9-17(19)25/h4-12H,13H2,1-3H3. The summed E-state index contributed by atoms with van der Waals surface area (Å²) in [5.41, 5.74) is 0.732. The van der Waals surface area contributed by atoms with Crippen LogP contribution < -0.4 is 11.2 Å². The van der Waals surface area contributed by atoms with Gasteiger partial charge >= 0.3 is 5.69 Å². The van der Waals surface area contributed by atoms with E-state index in [0.717, 1.165) is 40.7 Å². The number of hydrogen-bond donors (Lipinski definition) is 0. The van der Waals surface area contributed by atoms with Crippen molar-refractivity contribution in [3.05, 3.63) is 97.5 Å². The van der Waals surface area contributed by atoms with Gasteiger partial charge in [0.05, 0.1) is 17.7 Å². The molecule has 0 N–H and O–H groups in total. The highest BCUT2D eigenvalue weighted by atomic mass is 32.1. The van der Waals surface area contributed by atoms with Crippen LogP contribution >= 0.6 is 11.3 Å². The molecular weight excluding hydrogens is 406 g/mol. The number of benzene rings is 2. The molecule has 0 amide bonds. The van der Waals surface area contributed by atoms with Gasteiger partial charge < -0.3 is 0 Å². The average Bonchev–Trinajstić information content (AvgIpc) is 3.18. The van der Waals surface area contributed by atoms with Crippen molar-refractivity contribution >= 4 is 21.6 Å². The molecule has 4 nitrogen and oxygen atoms in total. The highest BCUT2D eigenvalue weighted by Crippen LogP contribution is 2.23. The lowest BCUT2D eigenvalue weighted by atomic mass is 9.87. The summed E-state index contributed by atoms with van der Waals surface area (Å²) in [5, 5.41) is 1.71. The minimum atomic E-state index is -0.840. The fourth-order valence-electron chi connectivity index (χ4n) is 3.40. The summed E-state index contributed by atoms with van der Waals surface area (Å²) in [6.45, 7) is 6.55. The lowest BCUT2D eigenvalue weighted by Crippen LogP contribution is -2.39. The summed E-state index contributed by atoms with van der Waals surface area (Å²) >= 11 is 1.16. The molecule has 7 heteroatoms. The van der Waals surface area contributed by atoms with E-state index in [9.17, 15) is 18.4 Å². The Hall–Kier alpha value is -3.06. The van der Waals surface area contributed by atoms with Gasteiger partial charge in [0.1, 0.15) is 16.3 Å². The minimum Gasteiger partial charge on any atom is -0.288 e. The Kier molecular flexibility index (Phi) is 4.94. The van der Waals surface area contributed by atoms with E-state index in [1.54, 1.807) is 11.4 Å². The lowest BCUT2D eigenvalue weighted by Gasteiger charge is -2.19. The maximum Gasteiger partial charge on any atom is 0.336 e. The van der Waals surface area contributed by atoms with E-state index >= 15 is 0 Å². The predicted octanol–water partition coefficient (Wildman–Crippen LogP) is 4.84. The molecule has 4 aromatic rings. The highest BCUT2D eigenvalue weighted by molar-refractivity contribution is 7.17. The lowest BCUT2D eigenvalue weighted by molar-refractivity contribution is 0.584. The molecule has 0 bridgehead atoms. The maximum atomic E-state index is 14.4. The molecule has 0 saturated carbocycles.